The van der Waals surface area contributed by atoms with Gasteiger partial charge in [0, 0.05) is 25.4 Å². The molecule has 4 rings (SSSR count). The molecule has 118 valence electrons. The number of amides is 2. The fraction of sp³-hybridized carbons (Fsp3) is 0.312. The second-order valence-corrected chi connectivity index (χ2v) is 5.70. The predicted molar refractivity (Wildman–Crippen MR) is 82.5 cm³/mol. The number of para-hydroxylation sites is 2. The van der Waals surface area contributed by atoms with Gasteiger partial charge in [0.15, 0.2) is 5.69 Å². The molecule has 0 fully saturated rings. The Morgan fingerprint density at radius 1 is 1.30 bits per heavy atom. The summed E-state index contributed by atoms with van der Waals surface area (Å²) in [6, 6.07) is 6.73. The van der Waals surface area contributed by atoms with E-state index in [1.807, 2.05) is 24.3 Å². The third-order valence-electron chi connectivity index (χ3n) is 4.42. The number of hydrogen-bond acceptors (Lipinski definition) is 4. The Labute approximate surface area is 132 Å². The molecule has 0 bridgehead atoms. The third-order valence-corrected chi connectivity index (χ3v) is 4.42. The molecular formula is C16H16N4O3. The quantitative estimate of drug-likeness (QED) is 0.846. The van der Waals surface area contributed by atoms with Crippen molar-refractivity contribution in [1.82, 2.24) is 15.1 Å². The van der Waals surface area contributed by atoms with Gasteiger partial charge in [-0.1, -0.05) is 12.1 Å². The summed E-state index contributed by atoms with van der Waals surface area (Å²) in [4.78, 5) is 28.6. The van der Waals surface area contributed by atoms with Gasteiger partial charge in [0.05, 0.1) is 5.69 Å². The average Bonchev–Trinajstić information content (AvgIpc) is 3.01. The molecule has 1 atom stereocenters. The number of aromatic nitrogens is 2. The van der Waals surface area contributed by atoms with Crippen molar-refractivity contribution in [3.8, 4) is 5.75 Å². The van der Waals surface area contributed by atoms with Gasteiger partial charge in [0.2, 0.25) is 0 Å². The Balaban J connectivity index is 1.66. The molecule has 23 heavy (non-hydrogen) atoms. The standard InChI is InChI=1S/C16H16N4O3/c1-19-11-4-2-3-5-13(11)23-9-12(15(19)21)20-7-6-10-8-17-18-14(10)16(20)22/h2-5,8,12H,6-7,9H2,1H3,(H,17,18)/t12-/m0/s1. The Morgan fingerprint density at radius 3 is 3.00 bits per heavy atom. The molecule has 7 nitrogen and oxygen atoms in total. The van der Waals surface area contributed by atoms with Crippen LogP contribution in [0.3, 0.4) is 0 Å². The first kappa shape index (κ1) is 13.8. The molecule has 1 aromatic heterocycles. The summed E-state index contributed by atoms with van der Waals surface area (Å²) in [6.45, 7) is 0.626. The SMILES string of the molecule is CN1C(=O)[C@@H](N2CCc3c[nH]nc3C2=O)COc2ccccc21. The van der Waals surface area contributed by atoms with Crippen molar-refractivity contribution < 1.29 is 14.3 Å². The zero-order valence-corrected chi connectivity index (χ0v) is 12.7. The fourth-order valence-electron chi connectivity index (χ4n) is 3.13. The molecule has 2 amide bonds. The summed E-state index contributed by atoms with van der Waals surface area (Å²) in [5.74, 6) is 0.270. The van der Waals surface area contributed by atoms with Crippen molar-refractivity contribution in [3.05, 3.63) is 41.7 Å². The lowest BCUT2D eigenvalue weighted by molar-refractivity contribution is -0.123. The van der Waals surface area contributed by atoms with E-state index in [4.69, 9.17) is 4.74 Å². The first-order valence-electron chi connectivity index (χ1n) is 7.50. The van der Waals surface area contributed by atoms with E-state index in [-0.39, 0.29) is 18.4 Å². The minimum atomic E-state index is -0.648. The number of ether oxygens (including phenoxy) is 1. The summed E-state index contributed by atoms with van der Waals surface area (Å²) >= 11 is 0. The van der Waals surface area contributed by atoms with Crippen LogP contribution in [-0.4, -0.2) is 53.2 Å². The first-order chi connectivity index (χ1) is 11.2. The summed E-state index contributed by atoms with van der Waals surface area (Å²) in [5, 5.41) is 6.72. The van der Waals surface area contributed by atoms with Gasteiger partial charge >= 0.3 is 0 Å². The maximum Gasteiger partial charge on any atom is 0.275 e. The highest BCUT2D eigenvalue weighted by Crippen LogP contribution is 2.31. The minimum Gasteiger partial charge on any atom is -0.489 e. The molecule has 2 aliphatic heterocycles. The van der Waals surface area contributed by atoms with Gasteiger partial charge in [0.25, 0.3) is 11.8 Å². The monoisotopic (exact) mass is 312 g/mol. The van der Waals surface area contributed by atoms with Gasteiger partial charge in [-0.15, -0.1) is 0 Å². The van der Waals surface area contributed by atoms with E-state index in [0.29, 0.717) is 30.1 Å². The molecule has 2 aliphatic rings. The average molecular weight is 312 g/mol. The van der Waals surface area contributed by atoms with E-state index in [1.165, 1.54) is 0 Å². The van der Waals surface area contributed by atoms with E-state index in [9.17, 15) is 9.59 Å². The molecular weight excluding hydrogens is 296 g/mol. The number of nitrogens with one attached hydrogen (secondary N) is 1. The Bertz CT molecular complexity index is 785. The van der Waals surface area contributed by atoms with Crippen LogP contribution >= 0.6 is 0 Å². The van der Waals surface area contributed by atoms with Crippen LogP contribution in [0.5, 0.6) is 5.75 Å². The van der Waals surface area contributed by atoms with Crippen LogP contribution in [0.4, 0.5) is 5.69 Å². The van der Waals surface area contributed by atoms with Crippen molar-refractivity contribution in [2.75, 3.05) is 25.1 Å². The smallest absolute Gasteiger partial charge is 0.275 e. The maximum absolute atomic E-state index is 12.8. The fourth-order valence-corrected chi connectivity index (χ4v) is 3.13. The predicted octanol–water partition coefficient (Wildman–Crippen LogP) is 0.832. The van der Waals surface area contributed by atoms with Crippen molar-refractivity contribution >= 4 is 17.5 Å². The maximum atomic E-state index is 12.8. The second kappa shape index (κ2) is 5.12. The Morgan fingerprint density at radius 2 is 2.13 bits per heavy atom. The van der Waals surface area contributed by atoms with E-state index in [2.05, 4.69) is 10.2 Å². The summed E-state index contributed by atoms with van der Waals surface area (Å²) < 4.78 is 5.79. The van der Waals surface area contributed by atoms with Crippen molar-refractivity contribution in [1.29, 1.82) is 0 Å². The number of fused-ring (bicyclic) bond motifs is 2. The van der Waals surface area contributed by atoms with Crippen molar-refractivity contribution in [2.24, 2.45) is 0 Å². The molecule has 0 saturated carbocycles. The minimum absolute atomic E-state index is 0.145. The number of anilines is 1. The largest absolute Gasteiger partial charge is 0.489 e. The van der Waals surface area contributed by atoms with E-state index in [0.717, 1.165) is 5.56 Å². The van der Waals surface area contributed by atoms with Gasteiger partial charge < -0.3 is 14.5 Å². The number of carbonyl (C=O) groups is 2. The number of aromatic amines is 1. The van der Waals surface area contributed by atoms with Gasteiger partial charge in [-0.2, -0.15) is 5.10 Å². The van der Waals surface area contributed by atoms with Gasteiger partial charge in [0.1, 0.15) is 18.4 Å². The number of carbonyl (C=O) groups excluding carboxylic acids is 2. The normalized spacial score (nSPS) is 20.7. The molecule has 2 aromatic rings. The van der Waals surface area contributed by atoms with E-state index < -0.39 is 6.04 Å². The molecule has 0 aliphatic carbocycles. The topological polar surface area (TPSA) is 78.5 Å². The number of nitrogens with zero attached hydrogens (tertiary/aromatic N) is 3. The molecule has 0 unspecified atom stereocenters. The van der Waals surface area contributed by atoms with Crippen LogP contribution in [0.15, 0.2) is 30.5 Å². The molecule has 1 N–H and O–H groups in total. The number of benzene rings is 1. The van der Waals surface area contributed by atoms with Crippen LogP contribution in [0.1, 0.15) is 16.1 Å². The molecule has 7 heteroatoms. The number of rotatable bonds is 1. The number of hydrogen-bond donors (Lipinski definition) is 1. The first-order valence-corrected chi connectivity index (χ1v) is 7.50. The lowest BCUT2D eigenvalue weighted by atomic mass is 10.0. The number of H-pyrrole nitrogens is 1. The Kier molecular flexibility index (Phi) is 3.07. The van der Waals surface area contributed by atoms with Crippen LogP contribution in [0.25, 0.3) is 0 Å². The molecule has 0 spiro atoms. The highest BCUT2D eigenvalue weighted by atomic mass is 16.5. The van der Waals surface area contributed by atoms with Crippen LogP contribution in [0, 0.1) is 0 Å². The number of likely N-dealkylation sites (N-methyl/N-ethyl adjacent to an activating group) is 1. The van der Waals surface area contributed by atoms with E-state index in [1.54, 1.807) is 23.0 Å². The highest BCUT2D eigenvalue weighted by molar-refractivity contribution is 6.03. The summed E-state index contributed by atoms with van der Waals surface area (Å²) in [5.41, 5.74) is 2.00. The van der Waals surface area contributed by atoms with Gasteiger partial charge in [-0.3, -0.25) is 14.7 Å². The lowest BCUT2D eigenvalue weighted by Crippen LogP contribution is -2.54. The van der Waals surface area contributed by atoms with Crippen LogP contribution in [0.2, 0.25) is 0 Å². The van der Waals surface area contributed by atoms with Crippen LogP contribution in [-0.2, 0) is 11.2 Å². The molecule has 0 radical (unpaired) electrons. The van der Waals surface area contributed by atoms with Crippen LogP contribution < -0.4 is 9.64 Å². The summed E-state index contributed by atoms with van der Waals surface area (Å²) in [7, 11) is 1.71. The van der Waals surface area contributed by atoms with E-state index >= 15 is 0 Å². The summed E-state index contributed by atoms with van der Waals surface area (Å²) in [6.07, 6.45) is 2.41. The molecule has 1 aromatic carbocycles. The lowest BCUT2D eigenvalue weighted by Gasteiger charge is -2.33. The highest BCUT2D eigenvalue weighted by Gasteiger charge is 2.39. The Hall–Kier alpha value is -2.83. The molecule has 0 saturated heterocycles. The second-order valence-electron chi connectivity index (χ2n) is 5.70. The van der Waals surface area contributed by atoms with Crippen molar-refractivity contribution in [3.63, 3.8) is 0 Å². The third kappa shape index (κ3) is 2.08. The zero-order chi connectivity index (χ0) is 16.0. The molecule has 3 heterocycles. The van der Waals surface area contributed by atoms with Gasteiger partial charge in [-0.25, -0.2) is 0 Å². The van der Waals surface area contributed by atoms with Crippen molar-refractivity contribution in [2.45, 2.75) is 12.5 Å². The van der Waals surface area contributed by atoms with Gasteiger partial charge in [-0.05, 0) is 18.6 Å². The zero-order valence-electron chi connectivity index (χ0n) is 12.7.